The van der Waals surface area contributed by atoms with Crippen molar-refractivity contribution in [1.29, 1.82) is 0 Å². The first-order valence-electron chi connectivity index (χ1n) is 13.9. The van der Waals surface area contributed by atoms with E-state index in [1.54, 1.807) is 56.0 Å². The van der Waals surface area contributed by atoms with Gasteiger partial charge in [-0.25, -0.2) is 18.3 Å². The van der Waals surface area contributed by atoms with Crippen LogP contribution in [0.4, 0.5) is 13.2 Å². The van der Waals surface area contributed by atoms with Crippen molar-refractivity contribution in [3.8, 4) is 17.6 Å². The van der Waals surface area contributed by atoms with Gasteiger partial charge in [0.25, 0.3) is 5.91 Å². The molecule has 1 saturated heterocycles. The fraction of sp³-hybridized carbons (Fsp3) is 0.355. The minimum Gasteiger partial charge on any atom is -0.481 e. The second kappa shape index (κ2) is 20.4. The zero-order valence-electron chi connectivity index (χ0n) is 25.7. The monoisotopic (exact) mass is 734 g/mol. The Bertz CT molecular complexity index is 1590. The predicted octanol–water partition coefficient (Wildman–Crippen LogP) is 4.92. The average molecular weight is 736 g/mol. The average Bonchev–Trinajstić information content (AvgIpc) is 3.06. The van der Waals surface area contributed by atoms with Gasteiger partial charge in [0, 0.05) is 30.7 Å². The van der Waals surface area contributed by atoms with Crippen molar-refractivity contribution in [2.75, 3.05) is 25.4 Å². The molecule has 0 atom stereocenters. The lowest BCUT2D eigenvalue weighted by atomic mass is 9.79. The van der Waals surface area contributed by atoms with Crippen LogP contribution in [0, 0.1) is 17.3 Å². The first-order chi connectivity index (χ1) is 22.2. The number of carboxylic acids is 1. The van der Waals surface area contributed by atoms with E-state index in [0.29, 0.717) is 48.2 Å². The fourth-order valence-electron chi connectivity index (χ4n) is 4.19. The molecule has 1 amide bonds. The van der Waals surface area contributed by atoms with Gasteiger partial charge in [0.15, 0.2) is 9.84 Å². The first-order valence-corrected chi connectivity index (χ1v) is 16.1. The smallest absolute Gasteiger partial charge is 0.481 e. The van der Waals surface area contributed by atoms with E-state index in [-0.39, 0.29) is 36.2 Å². The third-order valence-corrected chi connectivity index (χ3v) is 8.85. The van der Waals surface area contributed by atoms with Crippen LogP contribution in [0.15, 0.2) is 78.2 Å². The highest BCUT2D eigenvalue weighted by atomic mass is 35.5. The number of carbonyl (C=O) groups excluding carboxylic acids is 1. The minimum atomic E-state index is -5.08. The molecule has 0 radical (unpaired) electrons. The van der Waals surface area contributed by atoms with Crippen molar-refractivity contribution in [2.45, 2.75) is 43.3 Å². The number of nitrogens with zero attached hydrogens (tertiary/aromatic N) is 3. The van der Waals surface area contributed by atoms with E-state index < -0.39 is 33.3 Å². The van der Waals surface area contributed by atoms with Gasteiger partial charge in [-0.1, -0.05) is 5.92 Å². The number of rotatable bonds is 9. The van der Waals surface area contributed by atoms with Gasteiger partial charge in [-0.05, 0) is 92.5 Å². The number of benzene rings is 1. The van der Waals surface area contributed by atoms with Gasteiger partial charge in [-0.2, -0.15) is 13.2 Å². The number of hydrogen-bond donors (Lipinski definition) is 3. The highest BCUT2D eigenvalue weighted by Crippen LogP contribution is 2.35. The van der Waals surface area contributed by atoms with Crippen LogP contribution in [0.25, 0.3) is 0 Å². The number of hydrogen-bond acceptors (Lipinski definition) is 9. The van der Waals surface area contributed by atoms with Crippen LogP contribution < -0.4 is 10.1 Å². The second-order valence-electron chi connectivity index (χ2n) is 9.99. The van der Waals surface area contributed by atoms with E-state index in [1.165, 1.54) is 12.1 Å². The maximum atomic E-state index is 13.3. The molecule has 2 aromatic heterocycles. The van der Waals surface area contributed by atoms with E-state index in [9.17, 15) is 31.6 Å². The highest BCUT2D eigenvalue weighted by molar-refractivity contribution is 7.91. The van der Waals surface area contributed by atoms with Crippen molar-refractivity contribution >= 4 is 45.7 Å². The molecule has 48 heavy (non-hydrogen) atoms. The van der Waals surface area contributed by atoms with Gasteiger partial charge in [0.05, 0.1) is 22.6 Å². The molecule has 1 aromatic carbocycles. The Morgan fingerprint density at radius 2 is 1.50 bits per heavy atom. The molecule has 0 bridgehead atoms. The highest BCUT2D eigenvalue weighted by Gasteiger charge is 2.46. The van der Waals surface area contributed by atoms with Crippen LogP contribution in [0.3, 0.4) is 0 Å². The van der Waals surface area contributed by atoms with Gasteiger partial charge >= 0.3 is 12.1 Å². The summed E-state index contributed by atoms with van der Waals surface area (Å²) in [4.78, 5) is 30.0. The molecular weight excluding hydrogens is 700 g/mol. The van der Waals surface area contributed by atoms with Crippen LogP contribution in [-0.2, 0) is 31.9 Å². The van der Waals surface area contributed by atoms with Gasteiger partial charge in [0.2, 0.25) is 0 Å². The van der Waals surface area contributed by atoms with Gasteiger partial charge in [0.1, 0.15) is 12.4 Å². The van der Waals surface area contributed by atoms with Gasteiger partial charge in [-0.15, -0.1) is 29.9 Å². The Hall–Kier alpha value is -3.94. The normalized spacial score (nSPS) is 13.4. The van der Waals surface area contributed by atoms with Crippen molar-refractivity contribution in [1.82, 2.24) is 20.3 Å². The zero-order valence-corrected chi connectivity index (χ0v) is 28.1. The van der Waals surface area contributed by atoms with Crippen LogP contribution >= 0.6 is 24.0 Å². The number of aromatic nitrogens is 2. The summed E-state index contributed by atoms with van der Waals surface area (Å²) in [5.41, 5.74) is 0.602. The van der Waals surface area contributed by atoms with Crippen LogP contribution in [-0.4, -0.2) is 77.3 Å². The molecule has 0 aliphatic carbocycles. The topological polar surface area (TPSA) is 159 Å². The lowest BCUT2D eigenvalue weighted by molar-refractivity contribution is -0.192. The number of alkyl halides is 4. The predicted molar refractivity (Wildman–Crippen MR) is 173 cm³/mol. The summed E-state index contributed by atoms with van der Waals surface area (Å²) in [7, 11) is -3.79. The van der Waals surface area contributed by atoms with Crippen LogP contribution in [0.2, 0.25) is 0 Å². The zero-order chi connectivity index (χ0) is 34.9. The molecule has 11 nitrogen and oxygen atoms in total. The van der Waals surface area contributed by atoms with E-state index in [4.69, 9.17) is 26.2 Å². The minimum absolute atomic E-state index is 0. The fourth-order valence-corrected chi connectivity index (χ4v) is 6.22. The largest absolute Gasteiger partial charge is 0.490 e. The van der Waals surface area contributed by atoms with Crippen molar-refractivity contribution in [2.24, 2.45) is 5.41 Å². The molecule has 3 aromatic rings. The number of halogens is 5. The number of ether oxygens (including phenoxy) is 1. The second-order valence-corrected chi connectivity index (χ2v) is 12.2. The molecule has 0 spiro atoms. The molecule has 1 aliphatic heterocycles. The maximum Gasteiger partial charge on any atom is 0.490 e. The number of amides is 1. The molecule has 262 valence electrons. The number of aliphatic carboxylic acids is 1. The number of pyridine rings is 2. The summed E-state index contributed by atoms with van der Waals surface area (Å²) in [5.74, 6) is 2.86. The first kappa shape index (κ1) is 42.1. The molecule has 1 aliphatic rings. The van der Waals surface area contributed by atoms with E-state index in [2.05, 4.69) is 27.1 Å². The van der Waals surface area contributed by atoms with Gasteiger partial charge in [-0.3, -0.25) is 20.0 Å². The van der Waals surface area contributed by atoms with Gasteiger partial charge < -0.3 is 15.2 Å². The van der Waals surface area contributed by atoms with E-state index >= 15 is 0 Å². The lowest BCUT2D eigenvalue weighted by Gasteiger charge is -2.37. The molecule has 0 unspecified atom stereocenters. The molecule has 4 rings (SSSR count). The Labute approximate surface area is 287 Å². The van der Waals surface area contributed by atoms with Crippen molar-refractivity contribution < 1.29 is 46.2 Å². The summed E-state index contributed by atoms with van der Waals surface area (Å²) >= 11 is 5.50. The Morgan fingerprint density at radius 3 is 1.94 bits per heavy atom. The quantitative estimate of drug-likeness (QED) is 0.119. The van der Waals surface area contributed by atoms with Crippen LogP contribution in [0.1, 0.15) is 30.9 Å². The number of nitrogens with one attached hydrogen (secondary N) is 1. The SMILES string of the molecule is CC#CCOc1ccc(S(=O)(=O)CC2(C(=O)N(O)Cc3ccncc3)CCNCC2)cc1.Cl.ClCc1ccncc1.O=C(O)C(F)(F)F. The Morgan fingerprint density at radius 1 is 1.00 bits per heavy atom. The number of piperidine rings is 1. The molecular formula is C31H35Cl2F3N4O7S. The summed E-state index contributed by atoms with van der Waals surface area (Å²) in [6.07, 6.45) is 2.15. The molecule has 3 N–H and O–H groups in total. The summed E-state index contributed by atoms with van der Waals surface area (Å²) in [5, 5.41) is 21.4. The van der Waals surface area contributed by atoms with E-state index in [1.807, 2.05) is 12.1 Å². The molecule has 1 fully saturated rings. The third-order valence-electron chi connectivity index (χ3n) is 6.61. The Balaban J connectivity index is 0.000000593. The maximum absolute atomic E-state index is 13.3. The molecule has 17 heteroatoms. The number of hydroxylamine groups is 2. The molecule has 3 heterocycles. The molecule has 0 saturated carbocycles. The third kappa shape index (κ3) is 14.0. The Kier molecular flexibility index (Phi) is 17.9. The number of carboxylic acid groups (broad SMARTS) is 1. The standard InChI is InChI=1S/C23H27N3O5S.C6H6ClN.C2HF3O2.ClH/c1-2-3-16-31-20-4-6-21(7-5-20)32(29,30)18-23(10-14-25-15-11-23)22(27)26(28)17-19-8-12-24-13-9-19;7-5-6-1-3-8-4-2-6;3-2(4,5)1(6)7;/h4-9,12-13,25,28H,10-11,14-18H2,1H3;1-4H,5H2;(H,6,7);1H. The van der Waals surface area contributed by atoms with Crippen molar-refractivity contribution in [3.63, 3.8) is 0 Å². The lowest BCUT2D eigenvalue weighted by Crippen LogP contribution is -2.51. The summed E-state index contributed by atoms with van der Waals surface area (Å²) < 4.78 is 63.6. The summed E-state index contributed by atoms with van der Waals surface area (Å²) in [6.45, 7) is 2.88. The van der Waals surface area contributed by atoms with Crippen LogP contribution in [0.5, 0.6) is 5.75 Å². The van der Waals surface area contributed by atoms with E-state index in [0.717, 1.165) is 5.56 Å². The number of carbonyl (C=O) groups is 2. The van der Waals surface area contributed by atoms with Crippen molar-refractivity contribution in [3.05, 3.63) is 84.4 Å². The summed E-state index contributed by atoms with van der Waals surface area (Å²) in [6, 6.07) is 13.3. The number of sulfone groups is 1.